The lowest BCUT2D eigenvalue weighted by molar-refractivity contribution is 0.0925. The summed E-state index contributed by atoms with van der Waals surface area (Å²) in [6, 6.07) is 5.64. The molecular weight excluding hydrogens is 222 g/mol. The van der Waals surface area contributed by atoms with E-state index in [4.69, 9.17) is 11.6 Å². The van der Waals surface area contributed by atoms with Crippen LogP contribution in [0.4, 0.5) is 0 Å². The summed E-state index contributed by atoms with van der Waals surface area (Å²) in [5, 5.41) is 3.74. The first-order valence-corrected chi connectivity index (χ1v) is 6.17. The Kier molecular flexibility index (Phi) is 2.21. The minimum Gasteiger partial charge on any atom is -0.351 e. The monoisotopic (exact) mass is 235 g/mol. The van der Waals surface area contributed by atoms with Gasteiger partial charge in [0.25, 0.3) is 5.91 Å². The molecule has 1 spiro atoms. The Balaban J connectivity index is 2.18. The number of carbonyl (C=O) groups is 1. The zero-order valence-corrected chi connectivity index (χ0v) is 9.81. The molecule has 2 nitrogen and oxygen atoms in total. The van der Waals surface area contributed by atoms with Gasteiger partial charge < -0.3 is 5.32 Å². The van der Waals surface area contributed by atoms with Crippen LogP contribution in [0.5, 0.6) is 0 Å². The largest absolute Gasteiger partial charge is 0.351 e. The third kappa shape index (κ3) is 1.36. The lowest BCUT2D eigenvalue weighted by Gasteiger charge is -2.35. The maximum absolute atomic E-state index is 11.8. The van der Waals surface area contributed by atoms with Crippen molar-refractivity contribution >= 4 is 17.5 Å². The van der Waals surface area contributed by atoms with Crippen LogP contribution in [-0.4, -0.2) is 12.5 Å². The zero-order valence-electron chi connectivity index (χ0n) is 9.05. The van der Waals surface area contributed by atoms with Crippen molar-refractivity contribution in [3.05, 3.63) is 34.3 Å². The quantitative estimate of drug-likeness (QED) is 0.736. The number of hydrogen-bond acceptors (Lipinski definition) is 1. The predicted molar refractivity (Wildman–Crippen MR) is 63.9 cm³/mol. The molecule has 1 amide bonds. The third-order valence-corrected chi connectivity index (χ3v) is 4.18. The first kappa shape index (κ1) is 10.2. The Morgan fingerprint density at radius 3 is 2.75 bits per heavy atom. The lowest BCUT2D eigenvalue weighted by atomic mass is 9.74. The number of benzene rings is 1. The van der Waals surface area contributed by atoms with E-state index in [9.17, 15) is 4.79 Å². The van der Waals surface area contributed by atoms with Gasteiger partial charge in [0.15, 0.2) is 0 Å². The van der Waals surface area contributed by atoms with Gasteiger partial charge in [-0.3, -0.25) is 4.79 Å². The molecule has 3 heteroatoms. The second-order valence-electron chi connectivity index (χ2n) is 4.86. The normalized spacial score (nSPS) is 21.9. The second-order valence-corrected chi connectivity index (χ2v) is 5.30. The summed E-state index contributed by atoms with van der Waals surface area (Å²) in [6.45, 7) is 0.777. The Bertz CT molecular complexity index is 449. The molecule has 0 radical (unpaired) electrons. The molecule has 0 atom stereocenters. The summed E-state index contributed by atoms with van der Waals surface area (Å²) in [7, 11) is 0. The van der Waals surface area contributed by atoms with E-state index in [2.05, 4.69) is 5.32 Å². The van der Waals surface area contributed by atoms with E-state index in [1.54, 1.807) is 6.07 Å². The van der Waals surface area contributed by atoms with E-state index < -0.39 is 0 Å². The van der Waals surface area contributed by atoms with Crippen LogP contribution in [0.2, 0.25) is 5.02 Å². The van der Waals surface area contributed by atoms with E-state index in [0.717, 1.165) is 17.1 Å². The zero-order chi connectivity index (χ0) is 11.2. The van der Waals surface area contributed by atoms with E-state index in [1.165, 1.54) is 31.2 Å². The van der Waals surface area contributed by atoms with Crippen LogP contribution in [0.15, 0.2) is 18.2 Å². The van der Waals surface area contributed by atoms with Gasteiger partial charge >= 0.3 is 0 Å². The minimum atomic E-state index is 0.0455. The highest BCUT2D eigenvalue weighted by molar-refractivity contribution is 6.30. The molecule has 0 aromatic heterocycles. The maximum atomic E-state index is 11.8. The van der Waals surface area contributed by atoms with Crippen molar-refractivity contribution in [3.63, 3.8) is 0 Å². The summed E-state index contributed by atoms with van der Waals surface area (Å²) in [5.41, 5.74) is 2.15. The molecule has 84 valence electrons. The summed E-state index contributed by atoms with van der Waals surface area (Å²) >= 11 is 6.05. The molecule has 0 bridgehead atoms. The highest BCUT2D eigenvalue weighted by Gasteiger charge is 2.41. The van der Waals surface area contributed by atoms with Gasteiger partial charge in [-0.2, -0.15) is 0 Å². The topological polar surface area (TPSA) is 29.1 Å². The molecule has 1 aromatic rings. The molecular formula is C13H14ClNO. The molecule has 0 saturated heterocycles. The average molecular weight is 236 g/mol. The van der Waals surface area contributed by atoms with Gasteiger partial charge in [0, 0.05) is 22.5 Å². The van der Waals surface area contributed by atoms with Crippen LogP contribution in [0.25, 0.3) is 0 Å². The summed E-state index contributed by atoms with van der Waals surface area (Å²) in [4.78, 5) is 11.8. The van der Waals surface area contributed by atoms with Crippen LogP contribution in [0.3, 0.4) is 0 Å². The van der Waals surface area contributed by atoms with Crippen LogP contribution in [0.1, 0.15) is 41.6 Å². The van der Waals surface area contributed by atoms with E-state index in [0.29, 0.717) is 0 Å². The van der Waals surface area contributed by atoms with Crippen molar-refractivity contribution in [1.29, 1.82) is 0 Å². The molecule has 1 heterocycles. The molecule has 0 unspecified atom stereocenters. The fraction of sp³-hybridized carbons (Fsp3) is 0.462. The van der Waals surface area contributed by atoms with Crippen LogP contribution < -0.4 is 5.32 Å². The Labute approximate surface area is 100.0 Å². The van der Waals surface area contributed by atoms with Gasteiger partial charge in [-0.1, -0.05) is 24.4 Å². The molecule has 1 fully saturated rings. The number of fused-ring (bicyclic) bond motifs is 2. The second kappa shape index (κ2) is 3.49. The fourth-order valence-corrected chi connectivity index (χ4v) is 3.26. The summed E-state index contributed by atoms with van der Waals surface area (Å²) < 4.78 is 0. The molecule has 1 aliphatic heterocycles. The number of nitrogens with one attached hydrogen (secondary N) is 1. The molecule has 2 aliphatic rings. The van der Waals surface area contributed by atoms with Crippen LogP contribution in [-0.2, 0) is 5.41 Å². The van der Waals surface area contributed by atoms with E-state index in [1.807, 2.05) is 12.1 Å². The maximum Gasteiger partial charge on any atom is 0.251 e. The van der Waals surface area contributed by atoms with Crippen molar-refractivity contribution in [2.24, 2.45) is 0 Å². The molecule has 1 N–H and O–H groups in total. The van der Waals surface area contributed by atoms with Gasteiger partial charge in [-0.05, 0) is 36.6 Å². The first-order valence-electron chi connectivity index (χ1n) is 5.80. The number of amides is 1. The minimum absolute atomic E-state index is 0.0455. The summed E-state index contributed by atoms with van der Waals surface area (Å²) in [6.07, 6.45) is 4.84. The van der Waals surface area contributed by atoms with Crippen molar-refractivity contribution < 1.29 is 4.79 Å². The summed E-state index contributed by atoms with van der Waals surface area (Å²) in [5.74, 6) is 0.0455. The number of carbonyl (C=O) groups excluding carboxylic acids is 1. The average Bonchev–Trinajstić information content (AvgIpc) is 2.74. The Morgan fingerprint density at radius 1 is 1.25 bits per heavy atom. The molecule has 1 saturated carbocycles. The fourth-order valence-electron chi connectivity index (χ4n) is 3.09. The van der Waals surface area contributed by atoms with Gasteiger partial charge in [-0.25, -0.2) is 0 Å². The van der Waals surface area contributed by atoms with Crippen molar-refractivity contribution in [3.8, 4) is 0 Å². The van der Waals surface area contributed by atoms with Crippen LogP contribution >= 0.6 is 11.6 Å². The van der Waals surface area contributed by atoms with Crippen LogP contribution in [0, 0.1) is 0 Å². The smallest absolute Gasteiger partial charge is 0.251 e. The number of halogens is 1. The Morgan fingerprint density at radius 2 is 2.00 bits per heavy atom. The SMILES string of the molecule is O=C1NCC2(CCCC2)c2cc(Cl)ccc21. The molecule has 1 aliphatic carbocycles. The molecule has 16 heavy (non-hydrogen) atoms. The van der Waals surface area contributed by atoms with Gasteiger partial charge in [0.05, 0.1) is 0 Å². The van der Waals surface area contributed by atoms with Gasteiger partial charge in [0.1, 0.15) is 0 Å². The highest BCUT2D eigenvalue weighted by atomic mass is 35.5. The van der Waals surface area contributed by atoms with E-state index >= 15 is 0 Å². The molecule has 1 aromatic carbocycles. The highest BCUT2D eigenvalue weighted by Crippen LogP contribution is 2.44. The predicted octanol–water partition coefficient (Wildman–Crippen LogP) is 2.90. The standard InChI is InChI=1S/C13H14ClNO/c14-9-3-4-10-11(7-9)13(5-1-2-6-13)8-15-12(10)16/h3-4,7H,1-2,5-6,8H2,(H,15,16). The Hall–Kier alpha value is -1.02. The van der Waals surface area contributed by atoms with E-state index in [-0.39, 0.29) is 11.3 Å². The third-order valence-electron chi connectivity index (χ3n) is 3.95. The first-order chi connectivity index (χ1) is 7.71. The van der Waals surface area contributed by atoms with Crippen molar-refractivity contribution in [2.75, 3.05) is 6.54 Å². The molecule has 3 rings (SSSR count). The van der Waals surface area contributed by atoms with Gasteiger partial charge in [-0.15, -0.1) is 0 Å². The number of rotatable bonds is 0. The number of hydrogen-bond donors (Lipinski definition) is 1. The van der Waals surface area contributed by atoms with Gasteiger partial charge in [0.2, 0.25) is 0 Å². The lowest BCUT2D eigenvalue weighted by Crippen LogP contribution is -2.45. The van der Waals surface area contributed by atoms with Crippen molar-refractivity contribution in [2.45, 2.75) is 31.1 Å². The van der Waals surface area contributed by atoms with Crippen molar-refractivity contribution in [1.82, 2.24) is 5.32 Å².